The van der Waals surface area contributed by atoms with E-state index in [1.54, 1.807) is 6.92 Å². The molecule has 2 fully saturated rings. The second-order valence-corrected chi connectivity index (χ2v) is 14.7. The topological polar surface area (TPSA) is 152 Å². The maximum Gasteiger partial charge on any atom is 0.324 e. The molecule has 2 aromatic carbocycles. The van der Waals surface area contributed by atoms with Crippen molar-refractivity contribution < 1.29 is 40.2 Å². The Morgan fingerprint density at radius 1 is 1.15 bits per heavy atom. The normalized spacial score (nSPS) is 18.1. The van der Waals surface area contributed by atoms with Crippen LogP contribution in [0.5, 0.6) is 5.75 Å². The number of anilines is 1. The van der Waals surface area contributed by atoms with Crippen molar-refractivity contribution in [3.63, 3.8) is 0 Å². The van der Waals surface area contributed by atoms with Crippen LogP contribution < -0.4 is 15.4 Å². The van der Waals surface area contributed by atoms with Crippen LogP contribution in [-0.4, -0.2) is 78.7 Å². The fraction of sp³-hybridized carbons (Fsp3) is 0.545. The first-order valence-electron chi connectivity index (χ1n) is 16.1. The molecule has 2 aliphatic rings. The Balaban J connectivity index is 1.31. The summed E-state index contributed by atoms with van der Waals surface area (Å²) < 4.78 is 88.4. The van der Waals surface area contributed by atoms with Gasteiger partial charge in [-0.25, -0.2) is 13.2 Å². The Kier molecular flexibility index (Phi) is 10.4. The van der Waals surface area contributed by atoms with E-state index in [-0.39, 0.29) is 47.3 Å². The molecule has 2 unspecified atom stereocenters. The number of carbonyl (C=O) groups is 1. The lowest BCUT2D eigenvalue weighted by molar-refractivity contribution is -0.166. The minimum atomic E-state index is -4.69. The van der Waals surface area contributed by atoms with Crippen LogP contribution in [0, 0.1) is 24.6 Å². The molecule has 0 radical (unpaired) electrons. The zero-order valence-corrected chi connectivity index (χ0v) is 28.3. The second kappa shape index (κ2) is 14.0. The number of likely N-dealkylation sites (tertiary alicyclic amines) is 1. The van der Waals surface area contributed by atoms with Crippen molar-refractivity contribution in [2.45, 2.75) is 76.2 Å². The number of hydrogen-bond acceptors (Lipinski definition) is 9. The lowest BCUT2D eigenvalue weighted by Gasteiger charge is -2.39. The fourth-order valence-electron chi connectivity index (χ4n) is 6.23. The van der Waals surface area contributed by atoms with E-state index in [9.17, 15) is 26.5 Å². The number of amides is 1. The number of aryl methyl sites for hydroxylation is 1. The quantitative estimate of drug-likeness (QED) is 0.242. The van der Waals surface area contributed by atoms with Crippen LogP contribution in [0.3, 0.4) is 0 Å². The van der Waals surface area contributed by atoms with E-state index in [1.807, 2.05) is 13.8 Å². The molecule has 0 saturated carbocycles. The third kappa shape index (κ3) is 8.12. The highest BCUT2D eigenvalue weighted by molar-refractivity contribution is 7.86. The monoisotopic (exact) mass is 693 g/mol. The molecule has 5 rings (SSSR count). The van der Waals surface area contributed by atoms with E-state index in [1.165, 1.54) is 24.3 Å². The van der Waals surface area contributed by atoms with Crippen LogP contribution in [-0.2, 0) is 21.3 Å². The van der Waals surface area contributed by atoms with Gasteiger partial charge in [-0.3, -0.25) is 9.35 Å². The number of piperidine rings is 1. The number of ether oxygens (including phenoxy) is 1. The average molecular weight is 694 g/mol. The number of carbonyl (C=O) groups excluding carboxylic acids is 1. The van der Waals surface area contributed by atoms with E-state index in [4.69, 9.17) is 15.0 Å². The Morgan fingerprint density at radius 3 is 2.44 bits per heavy atom. The van der Waals surface area contributed by atoms with Crippen LogP contribution in [0.1, 0.15) is 62.9 Å². The highest BCUT2D eigenvalue weighted by Gasteiger charge is 2.47. The van der Waals surface area contributed by atoms with Crippen LogP contribution in [0.25, 0.3) is 11.1 Å². The van der Waals surface area contributed by atoms with Gasteiger partial charge in [0.05, 0.1) is 25.7 Å². The molecule has 48 heavy (non-hydrogen) atoms. The molecule has 1 amide bonds. The van der Waals surface area contributed by atoms with Gasteiger partial charge in [-0.2, -0.15) is 13.4 Å². The molecule has 0 spiro atoms. The first-order valence-corrected chi connectivity index (χ1v) is 17.5. The van der Waals surface area contributed by atoms with E-state index < -0.39 is 51.8 Å². The molecular weight excluding hydrogens is 651 g/mol. The minimum Gasteiger partial charge on any atom is -0.493 e. The lowest BCUT2D eigenvalue weighted by Crippen LogP contribution is -2.62. The van der Waals surface area contributed by atoms with Gasteiger partial charge in [0, 0.05) is 36.2 Å². The fourth-order valence-corrected chi connectivity index (χ4v) is 6.92. The highest BCUT2D eigenvalue weighted by atomic mass is 32.2. The number of alkyl halides is 2. The van der Waals surface area contributed by atoms with Gasteiger partial charge in [0.15, 0.2) is 5.82 Å². The minimum absolute atomic E-state index is 0.0323. The van der Waals surface area contributed by atoms with Gasteiger partial charge in [-0.1, -0.05) is 37.6 Å². The van der Waals surface area contributed by atoms with Crippen molar-refractivity contribution in [3.8, 4) is 16.9 Å². The summed E-state index contributed by atoms with van der Waals surface area (Å²) >= 11 is 0. The SMILES string of the molecule is Cc1ccc(S(=O)(=O)O)c(-c2cc(CC(N)C(=O)N3CC(F)(F)C3)c(F)cc2OCCC(C)C2CCN(c3nc(C(C)C)no3)CC2)c1. The summed E-state index contributed by atoms with van der Waals surface area (Å²) in [6.07, 6.45) is 2.11. The van der Waals surface area contributed by atoms with Crippen LogP contribution in [0.15, 0.2) is 39.8 Å². The molecule has 3 N–H and O–H groups in total. The van der Waals surface area contributed by atoms with Gasteiger partial charge >= 0.3 is 6.01 Å². The number of nitrogens with zero attached hydrogens (tertiary/aromatic N) is 4. The first-order chi connectivity index (χ1) is 22.5. The predicted octanol–water partition coefficient (Wildman–Crippen LogP) is 5.22. The first kappa shape index (κ1) is 35.6. The standard InChI is InChI=1S/C33H42F3N5O6S/c1-19(2)30-38-32(47-39-30)40-10-7-22(8-11-40)21(4)9-12-46-28-16-26(34)23(15-27(37)31(42)41-17-33(35,36)18-41)14-24(28)25-13-20(3)5-6-29(25)48(43,44)45/h5-6,13-14,16,19,21-22,27H,7-12,15,17-18,37H2,1-4H3,(H,43,44,45). The number of rotatable bonds is 12. The third-order valence-corrected chi connectivity index (χ3v) is 10.1. The lowest BCUT2D eigenvalue weighted by atomic mass is 9.84. The molecule has 1 aromatic heterocycles. The molecule has 15 heteroatoms. The molecule has 3 aromatic rings. The van der Waals surface area contributed by atoms with E-state index >= 15 is 4.39 Å². The molecule has 2 saturated heterocycles. The Labute approximate surface area is 278 Å². The van der Waals surface area contributed by atoms with Gasteiger partial charge in [-0.15, -0.1) is 0 Å². The van der Waals surface area contributed by atoms with E-state index in [2.05, 4.69) is 22.0 Å². The second-order valence-electron chi connectivity index (χ2n) is 13.3. The van der Waals surface area contributed by atoms with Crippen LogP contribution >= 0.6 is 0 Å². The van der Waals surface area contributed by atoms with Crippen molar-refractivity contribution in [2.75, 3.05) is 37.7 Å². The Hall–Kier alpha value is -3.69. The molecule has 2 atom stereocenters. The van der Waals surface area contributed by atoms with E-state index in [0.29, 0.717) is 29.7 Å². The molecule has 0 aliphatic carbocycles. The van der Waals surface area contributed by atoms with Crippen molar-refractivity contribution in [1.82, 2.24) is 15.0 Å². The van der Waals surface area contributed by atoms with Crippen molar-refractivity contribution in [3.05, 3.63) is 53.1 Å². The Bertz CT molecular complexity index is 1740. The molecule has 11 nitrogen and oxygen atoms in total. The van der Waals surface area contributed by atoms with Gasteiger partial charge in [0.1, 0.15) is 16.5 Å². The maximum absolute atomic E-state index is 15.5. The zero-order valence-electron chi connectivity index (χ0n) is 27.5. The van der Waals surface area contributed by atoms with E-state index in [0.717, 1.165) is 36.9 Å². The van der Waals surface area contributed by atoms with Gasteiger partial charge in [0.25, 0.3) is 16.0 Å². The maximum atomic E-state index is 15.5. The zero-order chi connectivity index (χ0) is 35.0. The number of halogens is 3. The number of benzene rings is 2. The third-order valence-electron chi connectivity index (χ3n) is 9.16. The molecule has 3 heterocycles. The summed E-state index contributed by atoms with van der Waals surface area (Å²) in [7, 11) is -4.69. The molecule has 262 valence electrons. The van der Waals surface area contributed by atoms with Gasteiger partial charge in [0.2, 0.25) is 5.91 Å². The summed E-state index contributed by atoms with van der Waals surface area (Å²) in [5, 5.41) is 4.05. The average Bonchev–Trinajstić information content (AvgIpc) is 3.51. The Morgan fingerprint density at radius 2 is 1.83 bits per heavy atom. The number of nitrogens with two attached hydrogens (primary N) is 1. The summed E-state index contributed by atoms with van der Waals surface area (Å²) in [5.41, 5.74) is 6.92. The molecule has 0 bridgehead atoms. The number of hydrogen-bond donors (Lipinski definition) is 2. The van der Waals surface area contributed by atoms with Crippen LogP contribution in [0.2, 0.25) is 0 Å². The van der Waals surface area contributed by atoms with Gasteiger partial charge in [-0.05, 0) is 68.2 Å². The summed E-state index contributed by atoms with van der Waals surface area (Å²) in [4.78, 5) is 19.7. The molecule has 2 aliphatic heterocycles. The highest BCUT2D eigenvalue weighted by Crippen LogP contribution is 2.38. The molecular formula is C33H42F3N5O6S. The van der Waals surface area contributed by atoms with Crippen LogP contribution in [0.4, 0.5) is 19.2 Å². The smallest absolute Gasteiger partial charge is 0.324 e. The summed E-state index contributed by atoms with van der Waals surface area (Å²) in [6.45, 7) is 8.09. The number of aromatic nitrogens is 2. The summed E-state index contributed by atoms with van der Waals surface area (Å²) in [5.74, 6) is -2.94. The predicted molar refractivity (Wildman–Crippen MR) is 172 cm³/mol. The van der Waals surface area contributed by atoms with Crippen molar-refractivity contribution >= 4 is 22.0 Å². The van der Waals surface area contributed by atoms with Gasteiger partial charge < -0.3 is 24.8 Å². The largest absolute Gasteiger partial charge is 0.493 e. The van der Waals surface area contributed by atoms with Crippen molar-refractivity contribution in [1.29, 1.82) is 0 Å². The van der Waals surface area contributed by atoms with Crippen molar-refractivity contribution in [2.24, 2.45) is 17.6 Å². The summed E-state index contributed by atoms with van der Waals surface area (Å²) in [6, 6.07) is 5.96.